The van der Waals surface area contributed by atoms with Crippen molar-refractivity contribution in [2.75, 3.05) is 0 Å². The lowest BCUT2D eigenvalue weighted by Crippen LogP contribution is -1.89. The molecule has 0 spiro atoms. The van der Waals surface area contributed by atoms with Crippen LogP contribution in [0, 0.1) is 0 Å². The van der Waals surface area contributed by atoms with Crippen LogP contribution in [0.2, 0.25) is 0 Å². The summed E-state index contributed by atoms with van der Waals surface area (Å²) in [6.07, 6.45) is 9.08. The fraction of sp³-hybridized carbons (Fsp3) is 0.154. The first kappa shape index (κ1) is 11.2. The van der Waals surface area contributed by atoms with Crippen LogP contribution in [0.1, 0.15) is 13.8 Å². The van der Waals surface area contributed by atoms with Gasteiger partial charge in [-0.2, -0.15) is 0 Å². The van der Waals surface area contributed by atoms with Gasteiger partial charge in [-0.05, 0) is 32.1 Å². The van der Waals surface area contributed by atoms with Crippen LogP contribution in [-0.2, 0) is 0 Å². The minimum atomic E-state index is 0.795. The molecular weight excluding hydrogens is 186 g/mol. The van der Waals surface area contributed by atoms with Crippen molar-refractivity contribution in [3.8, 4) is 5.75 Å². The van der Waals surface area contributed by atoms with Crippen molar-refractivity contribution in [2.24, 2.45) is 0 Å². The van der Waals surface area contributed by atoms with Gasteiger partial charge in [0.25, 0.3) is 0 Å². The standard InChI is InChI=1S/C13H15NO/c1-4-11(2)5-6-12(3)15-13-7-9-14-10-8-13/h4-10H,1H2,2-3H3/b11-5-,12-6+. The van der Waals surface area contributed by atoms with Gasteiger partial charge in [-0.3, -0.25) is 4.98 Å². The summed E-state index contributed by atoms with van der Waals surface area (Å²) in [5.74, 6) is 1.63. The van der Waals surface area contributed by atoms with E-state index in [1.54, 1.807) is 18.5 Å². The summed E-state index contributed by atoms with van der Waals surface area (Å²) in [6.45, 7) is 7.58. The fourth-order valence-electron chi connectivity index (χ4n) is 0.943. The smallest absolute Gasteiger partial charge is 0.129 e. The van der Waals surface area contributed by atoms with Gasteiger partial charge in [0.1, 0.15) is 11.5 Å². The first-order valence-corrected chi connectivity index (χ1v) is 4.78. The van der Waals surface area contributed by atoms with Gasteiger partial charge in [0.2, 0.25) is 0 Å². The molecule has 0 fully saturated rings. The second-order valence-electron chi connectivity index (χ2n) is 3.18. The number of ether oxygens (including phenoxy) is 1. The molecule has 0 amide bonds. The first-order valence-electron chi connectivity index (χ1n) is 4.78. The van der Waals surface area contributed by atoms with Gasteiger partial charge in [0.05, 0.1) is 0 Å². The van der Waals surface area contributed by atoms with Crippen LogP contribution in [-0.4, -0.2) is 4.98 Å². The third-order valence-electron chi connectivity index (χ3n) is 1.83. The maximum Gasteiger partial charge on any atom is 0.129 e. The summed E-state index contributed by atoms with van der Waals surface area (Å²) in [5.41, 5.74) is 1.10. The molecule has 0 saturated heterocycles. The highest BCUT2D eigenvalue weighted by molar-refractivity contribution is 5.24. The Morgan fingerprint density at radius 2 is 1.93 bits per heavy atom. The monoisotopic (exact) mass is 201 g/mol. The van der Waals surface area contributed by atoms with Gasteiger partial charge in [0, 0.05) is 12.4 Å². The van der Waals surface area contributed by atoms with Crippen molar-refractivity contribution in [3.05, 3.63) is 60.7 Å². The lowest BCUT2D eigenvalue weighted by atomic mass is 10.2. The first-order chi connectivity index (χ1) is 7.22. The summed E-state index contributed by atoms with van der Waals surface area (Å²) in [4.78, 5) is 3.92. The molecule has 0 aliphatic heterocycles. The van der Waals surface area contributed by atoms with Gasteiger partial charge in [-0.15, -0.1) is 0 Å². The molecule has 0 saturated carbocycles. The van der Waals surface area contributed by atoms with Crippen LogP contribution in [0.4, 0.5) is 0 Å². The Labute approximate surface area is 90.6 Å². The maximum absolute atomic E-state index is 5.55. The topological polar surface area (TPSA) is 22.1 Å². The Bertz CT molecular complexity index is 377. The highest BCUT2D eigenvalue weighted by Crippen LogP contribution is 2.11. The highest BCUT2D eigenvalue weighted by Gasteiger charge is 1.92. The van der Waals surface area contributed by atoms with E-state index in [4.69, 9.17) is 4.74 Å². The average molecular weight is 201 g/mol. The van der Waals surface area contributed by atoms with Gasteiger partial charge in [-0.1, -0.05) is 24.3 Å². The van der Waals surface area contributed by atoms with Crippen LogP contribution in [0.5, 0.6) is 5.75 Å². The molecule has 1 heterocycles. The van der Waals surface area contributed by atoms with Crippen molar-refractivity contribution in [3.63, 3.8) is 0 Å². The van der Waals surface area contributed by atoms with E-state index >= 15 is 0 Å². The number of allylic oxidation sites excluding steroid dienone is 5. The third-order valence-corrected chi connectivity index (χ3v) is 1.83. The maximum atomic E-state index is 5.55. The van der Waals surface area contributed by atoms with Crippen molar-refractivity contribution in [1.82, 2.24) is 4.98 Å². The lowest BCUT2D eigenvalue weighted by molar-refractivity contribution is 0.427. The Morgan fingerprint density at radius 1 is 1.27 bits per heavy atom. The Balaban J connectivity index is 2.63. The average Bonchev–Trinajstić information content (AvgIpc) is 2.27. The van der Waals surface area contributed by atoms with Crippen molar-refractivity contribution < 1.29 is 4.74 Å². The molecule has 2 heteroatoms. The van der Waals surface area contributed by atoms with E-state index in [9.17, 15) is 0 Å². The van der Waals surface area contributed by atoms with E-state index in [-0.39, 0.29) is 0 Å². The lowest BCUT2D eigenvalue weighted by Gasteiger charge is -2.03. The van der Waals surface area contributed by atoms with Crippen LogP contribution in [0.25, 0.3) is 0 Å². The fourth-order valence-corrected chi connectivity index (χ4v) is 0.943. The van der Waals surface area contributed by atoms with E-state index in [0.717, 1.165) is 17.1 Å². The molecule has 78 valence electrons. The number of hydrogen-bond donors (Lipinski definition) is 0. The summed E-state index contributed by atoms with van der Waals surface area (Å²) in [6, 6.07) is 3.64. The molecule has 1 aromatic rings. The number of nitrogens with zero attached hydrogens (tertiary/aromatic N) is 1. The largest absolute Gasteiger partial charge is 0.462 e. The molecule has 15 heavy (non-hydrogen) atoms. The number of aromatic nitrogens is 1. The molecule has 1 rings (SSSR count). The zero-order valence-corrected chi connectivity index (χ0v) is 9.10. The zero-order valence-electron chi connectivity index (χ0n) is 9.10. The molecule has 0 radical (unpaired) electrons. The molecule has 1 aromatic heterocycles. The van der Waals surface area contributed by atoms with E-state index in [0.29, 0.717) is 0 Å². The minimum absolute atomic E-state index is 0.795. The van der Waals surface area contributed by atoms with Gasteiger partial charge < -0.3 is 4.74 Å². The molecule has 0 unspecified atom stereocenters. The second kappa shape index (κ2) is 5.81. The summed E-state index contributed by atoms with van der Waals surface area (Å²) >= 11 is 0. The quantitative estimate of drug-likeness (QED) is 0.549. The zero-order chi connectivity index (χ0) is 11.1. The molecule has 0 aliphatic rings. The predicted octanol–water partition coefficient (Wildman–Crippen LogP) is 3.50. The van der Waals surface area contributed by atoms with E-state index in [1.165, 1.54) is 0 Å². The highest BCUT2D eigenvalue weighted by atomic mass is 16.5. The summed E-state index contributed by atoms with van der Waals surface area (Å²) in [5, 5.41) is 0. The SMILES string of the molecule is C=C/C(C)=C\C=C(/C)Oc1ccncc1. The molecule has 0 aliphatic carbocycles. The van der Waals surface area contributed by atoms with Crippen molar-refractivity contribution in [1.29, 1.82) is 0 Å². The molecule has 0 aromatic carbocycles. The van der Waals surface area contributed by atoms with Gasteiger partial charge in [-0.25, -0.2) is 0 Å². The van der Waals surface area contributed by atoms with Gasteiger partial charge in [0.15, 0.2) is 0 Å². The van der Waals surface area contributed by atoms with E-state index in [1.807, 2.05) is 38.1 Å². The molecule has 0 bridgehead atoms. The molecule has 0 N–H and O–H groups in total. The molecular formula is C13H15NO. The van der Waals surface area contributed by atoms with Gasteiger partial charge >= 0.3 is 0 Å². The summed E-state index contributed by atoms with van der Waals surface area (Å²) in [7, 11) is 0. The Hall–Kier alpha value is -1.83. The second-order valence-corrected chi connectivity index (χ2v) is 3.18. The van der Waals surface area contributed by atoms with Crippen molar-refractivity contribution in [2.45, 2.75) is 13.8 Å². The summed E-state index contributed by atoms with van der Waals surface area (Å²) < 4.78 is 5.55. The van der Waals surface area contributed by atoms with E-state index in [2.05, 4.69) is 11.6 Å². The molecule has 2 nitrogen and oxygen atoms in total. The number of pyridine rings is 1. The minimum Gasteiger partial charge on any atom is -0.462 e. The van der Waals surface area contributed by atoms with Crippen LogP contribution in [0.3, 0.4) is 0 Å². The number of rotatable bonds is 4. The van der Waals surface area contributed by atoms with Crippen LogP contribution >= 0.6 is 0 Å². The predicted molar refractivity (Wildman–Crippen MR) is 62.6 cm³/mol. The van der Waals surface area contributed by atoms with Crippen LogP contribution < -0.4 is 4.74 Å². The normalized spacial score (nSPS) is 12.4. The van der Waals surface area contributed by atoms with Crippen LogP contribution in [0.15, 0.2) is 60.7 Å². The number of hydrogen-bond acceptors (Lipinski definition) is 2. The Kier molecular flexibility index (Phi) is 4.35. The van der Waals surface area contributed by atoms with Crippen molar-refractivity contribution >= 4 is 0 Å². The third kappa shape index (κ3) is 4.27. The Morgan fingerprint density at radius 3 is 2.53 bits per heavy atom. The van der Waals surface area contributed by atoms with E-state index < -0.39 is 0 Å². The molecule has 0 atom stereocenters.